The predicted molar refractivity (Wildman–Crippen MR) is 106 cm³/mol. The number of nitrogens with one attached hydrogen (secondary N) is 1. The van der Waals surface area contributed by atoms with E-state index < -0.39 is 0 Å². The van der Waals surface area contributed by atoms with Gasteiger partial charge < -0.3 is 14.4 Å². The number of likely N-dealkylation sites (N-methyl/N-ethyl adjacent to an activating group) is 1. The van der Waals surface area contributed by atoms with Crippen LogP contribution in [0.2, 0.25) is 5.02 Å². The molecule has 2 bridgehead atoms. The number of pyridine rings is 1. The molecule has 4 rings (SSSR count). The van der Waals surface area contributed by atoms with E-state index in [0.29, 0.717) is 36.1 Å². The maximum Gasteiger partial charge on any atom is 0.277 e. The highest BCUT2D eigenvalue weighted by Gasteiger charge is 2.37. The van der Waals surface area contributed by atoms with Crippen molar-refractivity contribution in [3.05, 3.63) is 57.5 Å². The van der Waals surface area contributed by atoms with Crippen molar-refractivity contribution in [2.45, 2.75) is 18.9 Å². The van der Waals surface area contributed by atoms with E-state index in [-0.39, 0.29) is 17.4 Å². The first kappa shape index (κ1) is 18.3. The summed E-state index contributed by atoms with van der Waals surface area (Å²) in [5.74, 6) is 0.791. The molecular weight excluding hydrogens is 362 g/mol. The minimum absolute atomic E-state index is 0.0574. The smallest absolute Gasteiger partial charge is 0.277 e. The van der Waals surface area contributed by atoms with Gasteiger partial charge in [-0.2, -0.15) is 0 Å². The molecule has 1 N–H and O–H groups in total. The Balaban J connectivity index is 1.64. The van der Waals surface area contributed by atoms with Crippen LogP contribution < -0.4 is 10.5 Å². The first-order chi connectivity index (χ1) is 12.9. The zero-order valence-corrected chi connectivity index (χ0v) is 16.5. The first-order valence-corrected chi connectivity index (χ1v) is 9.86. The Labute approximate surface area is 164 Å². The lowest BCUT2D eigenvalue weighted by Gasteiger charge is -2.42. The third-order valence-electron chi connectivity index (χ3n) is 5.62. The molecule has 6 heteroatoms. The number of quaternary nitrogens is 1. The summed E-state index contributed by atoms with van der Waals surface area (Å²) in [7, 11) is 3.99. The number of rotatable bonds is 3. The summed E-state index contributed by atoms with van der Waals surface area (Å²) >= 11 is 5.97. The van der Waals surface area contributed by atoms with Crippen LogP contribution >= 0.6 is 11.6 Å². The standard InChI is InChI=1S/C21H24ClN3O2/c1-23(2)13-20(26)24-10-14-9-16(12-24)19-8-7-18(21(27)25(19)11-14)15-3-5-17(22)6-4-15/h3-8,14,16H,9-13H2,1-2H3/p+1/t14-,16+/m0/s1. The molecule has 1 saturated heterocycles. The topological polar surface area (TPSA) is 46.8 Å². The van der Waals surface area contributed by atoms with Crippen LogP contribution in [0, 0.1) is 5.92 Å². The molecule has 27 heavy (non-hydrogen) atoms. The van der Waals surface area contributed by atoms with Gasteiger partial charge in [0.15, 0.2) is 6.54 Å². The minimum atomic E-state index is 0.0574. The number of nitrogens with zero attached hydrogens (tertiary/aromatic N) is 2. The number of aromatic nitrogens is 1. The number of amides is 1. The zero-order chi connectivity index (χ0) is 19.1. The van der Waals surface area contributed by atoms with Crippen LogP contribution in [0.1, 0.15) is 18.0 Å². The predicted octanol–water partition coefficient (Wildman–Crippen LogP) is 1.26. The average Bonchev–Trinajstić information content (AvgIpc) is 2.63. The fourth-order valence-electron chi connectivity index (χ4n) is 4.41. The monoisotopic (exact) mass is 386 g/mol. The Morgan fingerprint density at radius 1 is 1.11 bits per heavy atom. The molecule has 0 spiro atoms. The van der Waals surface area contributed by atoms with E-state index in [0.717, 1.165) is 29.1 Å². The number of likely N-dealkylation sites (tertiary alicyclic amines) is 1. The molecule has 2 atom stereocenters. The van der Waals surface area contributed by atoms with Crippen LogP contribution in [0.5, 0.6) is 0 Å². The Morgan fingerprint density at radius 2 is 1.85 bits per heavy atom. The van der Waals surface area contributed by atoms with Gasteiger partial charge in [0.1, 0.15) is 0 Å². The minimum Gasteiger partial charge on any atom is -0.337 e. The van der Waals surface area contributed by atoms with Crippen molar-refractivity contribution in [3.63, 3.8) is 0 Å². The van der Waals surface area contributed by atoms with Gasteiger partial charge >= 0.3 is 0 Å². The Bertz CT molecular complexity index is 920. The largest absolute Gasteiger partial charge is 0.337 e. The lowest BCUT2D eigenvalue weighted by Crippen LogP contribution is -3.07. The maximum absolute atomic E-state index is 13.1. The molecule has 142 valence electrons. The molecule has 2 aliphatic heterocycles. The lowest BCUT2D eigenvalue weighted by atomic mass is 9.82. The fourth-order valence-corrected chi connectivity index (χ4v) is 4.54. The molecule has 2 aliphatic rings. The zero-order valence-electron chi connectivity index (χ0n) is 15.7. The summed E-state index contributed by atoms with van der Waals surface area (Å²) in [5, 5.41) is 0.663. The number of hydrogen-bond donors (Lipinski definition) is 1. The number of piperidine rings is 1. The number of halogens is 1. The van der Waals surface area contributed by atoms with Crippen LogP contribution in [0.25, 0.3) is 11.1 Å². The second-order valence-electron chi connectivity index (χ2n) is 8.08. The number of fused-ring (bicyclic) bond motifs is 4. The lowest BCUT2D eigenvalue weighted by molar-refractivity contribution is -0.849. The molecule has 1 amide bonds. The molecule has 0 aliphatic carbocycles. The third kappa shape index (κ3) is 3.54. The SMILES string of the molecule is C[NH+](C)CC(=O)N1C[C@@H]2C[C@H](C1)c1ccc(-c3ccc(Cl)cc3)c(=O)n1C2. The Hall–Kier alpha value is -2.11. The molecule has 2 aromatic rings. The van der Waals surface area contributed by atoms with Gasteiger partial charge in [-0.15, -0.1) is 0 Å². The van der Waals surface area contributed by atoms with E-state index in [1.54, 1.807) is 0 Å². The number of carbonyl (C=O) groups excluding carboxylic acids is 1. The van der Waals surface area contributed by atoms with E-state index >= 15 is 0 Å². The molecule has 1 aromatic heterocycles. The van der Waals surface area contributed by atoms with Crippen LogP contribution in [0.15, 0.2) is 41.2 Å². The number of hydrogen-bond acceptors (Lipinski definition) is 2. The highest BCUT2D eigenvalue weighted by molar-refractivity contribution is 6.30. The molecule has 3 heterocycles. The van der Waals surface area contributed by atoms with Crippen molar-refractivity contribution in [1.29, 1.82) is 0 Å². The molecule has 1 fully saturated rings. The van der Waals surface area contributed by atoms with Crippen LogP contribution in [-0.4, -0.2) is 49.1 Å². The average molecular weight is 387 g/mol. The van der Waals surface area contributed by atoms with E-state index in [4.69, 9.17) is 11.6 Å². The van der Waals surface area contributed by atoms with Gasteiger partial charge in [0.25, 0.3) is 11.5 Å². The molecule has 1 aromatic carbocycles. The molecule has 5 nitrogen and oxygen atoms in total. The first-order valence-electron chi connectivity index (χ1n) is 9.49. The highest BCUT2D eigenvalue weighted by Crippen LogP contribution is 2.35. The van der Waals surface area contributed by atoms with Gasteiger partial charge in [-0.1, -0.05) is 23.7 Å². The quantitative estimate of drug-likeness (QED) is 0.863. The van der Waals surface area contributed by atoms with Crippen molar-refractivity contribution in [1.82, 2.24) is 9.47 Å². The molecule has 0 unspecified atom stereocenters. The van der Waals surface area contributed by atoms with Crippen LogP contribution in [-0.2, 0) is 11.3 Å². The van der Waals surface area contributed by atoms with E-state index in [9.17, 15) is 9.59 Å². The molecule has 0 radical (unpaired) electrons. The summed E-state index contributed by atoms with van der Waals surface area (Å²) in [5.41, 5.74) is 2.71. The summed E-state index contributed by atoms with van der Waals surface area (Å²) in [6, 6.07) is 11.4. The Morgan fingerprint density at radius 3 is 2.56 bits per heavy atom. The van der Waals surface area contributed by atoms with Crippen molar-refractivity contribution in [3.8, 4) is 11.1 Å². The fraction of sp³-hybridized carbons (Fsp3) is 0.429. The van der Waals surface area contributed by atoms with Gasteiger partial charge in [-0.05, 0) is 42.2 Å². The van der Waals surface area contributed by atoms with Gasteiger partial charge in [0.2, 0.25) is 0 Å². The van der Waals surface area contributed by atoms with Gasteiger partial charge in [0, 0.05) is 41.8 Å². The normalized spacial score (nSPS) is 21.3. The van der Waals surface area contributed by atoms with Crippen molar-refractivity contribution in [2.24, 2.45) is 5.92 Å². The maximum atomic E-state index is 13.1. The van der Waals surface area contributed by atoms with E-state index in [1.165, 1.54) is 0 Å². The van der Waals surface area contributed by atoms with E-state index in [1.807, 2.05) is 53.9 Å². The summed E-state index contributed by atoms with van der Waals surface area (Å²) in [4.78, 5) is 28.8. The number of benzene rings is 1. The van der Waals surface area contributed by atoms with Crippen LogP contribution in [0.3, 0.4) is 0 Å². The summed E-state index contributed by atoms with van der Waals surface area (Å²) < 4.78 is 1.93. The second-order valence-corrected chi connectivity index (χ2v) is 8.51. The van der Waals surface area contributed by atoms with E-state index in [2.05, 4.69) is 6.07 Å². The Kier molecular flexibility index (Phi) is 4.82. The van der Waals surface area contributed by atoms with Gasteiger partial charge in [-0.3, -0.25) is 9.59 Å². The highest BCUT2D eigenvalue weighted by atomic mass is 35.5. The molecular formula is C21H25ClN3O2+. The second kappa shape index (κ2) is 7.13. The van der Waals surface area contributed by atoms with Crippen molar-refractivity contribution >= 4 is 17.5 Å². The third-order valence-corrected chi connectivity index (χ3v) is 5.87. The van der Waals surface area contributed by atoms with Crippen molar-refractivity contribution < 1.29 is 9.69 Å². The molecule has 0 saturated carbocycles. The summed E-state index contributed by atoms with van der Waals surface area (Å²) in [6.07, 6.45) is 1.05. The van der Waals surface area contributed by atoms with Crippen molar-refractivity contribution in [2.75, 3.05) is 33.7 Å². The summed E-state index contributed by atoms with van der Waals surface area (Å²) in [6.45, 7) is 2.66. The van der Waals surface area contributed by atoms with Crippen LogP contribution in [0.4, 0.5) is 0 Å². The number of carbonyl (C=O) groups is 1. The van der Waals surface area contributed by atoms with Gasteiger partial charge in [-0.25, -0.2) is 0 Å². The van der Waals surface area contributed by atoms with Gasteiger partial charge in [0.05, 0.1) is 14.1 Å².